The van der Waals surface area contributed by atoms with Crippen LogP contribution in [0.5, 0.6) is 11.5 Å². The number of amides is 2. The molecule has 1 N–H and O–H groups in total. The zero-order chi connectivity index (χ0) is 20.6. The molecule has 0 saturated carbocycles. The van der Waals surface area contributed by atoms with Crippen LogP contribution in [0.4, 0.5) is 5.69 Å². The molecule has 0 atom stereocenters. The Morgan fingerprint density at radius 2 is 1.90 bits per heavy atom. The Kier molecular flexibility index (Phi) is 7.08. The van der Waals surface area contributed by atoms with E-state index in [1.165, 1.54) is 0 Å². The average molecular weight is 397 g/mol. The molecule has 29 heavy (non-hydrogen) atoms. The number of para-hydroxylation sites is 1. The number of nitrogens with one attached hydrogen (secondary N) is 1. The Bertz CT molecular complexity index is 855. The lowest BCUT2D eigenvalue weighted by molar-refractivity contribution is -0.124. The number of nitrogens with zero attached hydrogens (tertiary/aromatic N) is 2. The van der Waals surface area contributed by atoms with Gasteiger partial charge in [0.2, 0.25) is 11.8 Å². The molecule has 1 saturated heterocycles. The van der Waals surface area contributed by atoms with Crippen LogP contribution in [0.25, 0.3) is 0 Å². The number of benzene rings is 2. The molecule has 2 aromatic rings. The van der Waals surface area contributed by atoms with E-state index in [-0.39, 0.29) is 11.8 Å². The SMILES string of the molecule is COc1cccc(N2CCN(CCC(=O)NCc3ccccc3OC)CC2=O)c1. The molecule has 0 aromatic heterocycles. The number of anilines is 1. The number of ether oxygens (including phenoxy) is 2. The van der Waals surface area contributed by atoms with E-state index < -0.39 is 0 Å². The summed E-state index contributed by atoms with van der Waals surface area (Å²) < 4.78 is 10.5. The molecule has 1 aliphatic heterocycles. The molecule has 0 spiro atoms. The van der Waals surface area contributed by atoms with E-state index in [2.05, 4.69) is 5.32 Å². The van der Waals surface area contributed by atoms with Crippen molar-refractivity contribution in [3.05, 3.63) is 54.1 Å². The van der Waals surface area contributed by atoms with Gasteiger partial charge < -0.3 is 19.7 Å². The summed E-state index contributed by atoms with van der Waals surface area (Å²) in [5.74, 6) is 1.47. The Morgan fingerprint density at radius 3 is 2.66 bits per heavy atom. The highest BCUT2D eigenvalue weighted by Gasteiger charge is 2.25. The van der Waals surface area contributed by atoms with E-state index in [0.717, 1.165) is 29.3 Å². The first-order valence-corrected chi connectivity index (χ1v) is 9.66. The van der Waals surface area contributed by atoms with Crippen molar-refractivity contribution in [1.29, 1.82) is 0 Å². The van der Waals surface area contributed by atoms with Gasteiger partial charge in [0, 0.05) is 49.9 Å². The molecule has 1 heterocycles. The lowest BCUT2D eigenvalue weighted by Crippen LogP contribution is -2.51. The van der Waals surface area contributed by atoms with Gasteiger partial charge in [-0.3, -0.25) is 14.5 Å². The van der Waals surface area contributed by atoms with E-state index in [1.807, 2.05) is 53.4 Å². The van der Waals surface area contributed by atoms with Crippen LogP contribution in [-0.2, 0) is 16.1 Å². The molecule has 154 valence electrons. The van der Waals surface area contributed by atoms with Crippen LogP contribution in [-0.4, -0.2) is 57.1 Å². The fraction of sp³-hybridized carbons (Fsp3) is 0.364. The molecule has 0 unspecified atom stereocenters. The summed E-state index contributed by atoms with van der Waals surface area (Å²) >= 11 is 0. The van der Waals surface area contributed by atoms with Crippen LogP contribution < -0.4 is 19.7 Å². The highest BCUT2D eigenvalue weighted by atomic mass is 16.5. The minimum Gasteiger partial charge on any atom is -0.497 e. The van der Waals surface area contributed by atoms with Gasteiger partial charge in [0.15, 0.2) is 0 Å². The normalized spacial score (nSPS) is 14.6. The third kappa shape index (κ3) is 5.48. The summed E-state index contributed by atoms with van der Waals surface area (Å²) in [4.78, 5) is 28.5. The second-order valence-corrected chi connectivity index (χ2v) is 6.86. The average Bonchev–Trinajstić information content (AvgIpc) is 2.76. The number of rotatable bonds is 8. The van der Waals surface area contributed by atoms with Crippen LogP contribution in [0.1, 0.15) is 12.0 Å². The molecular weight excluding hydrogens is 370 g/mol. The summed E-state index contributed by atoms with van der Waals surface area (Å²) in [5, 5.41) is 2.92. The van der Waals surface area contributed by atoms with Crippen LogP contribution in [0.3, 0.4) is 0 Å². The van der Waals surface area contributed by atoms with Gasteiger partial charge in [-0.25, -0.2) is 0 Å². The summed E-state index contributed by atoms with van der Waals surface area (Å²) in [6.07, 6.45) is 0.349. The summed E-state index contributed by atoms with van der Waals surface area (Å²) in [7, 11) is 3.22. The molecule has 0 bridgehead atoms. The molecule has 7 heteroatoms. The van der Waals surface area contributed by atoms with E-state index in [4.69, 9.17) is 9.47 Å². The van der Waals surface area contributed by atoms with Crippen LogP contribution >= 0.6 is 0 Å². The largest absolute Gasteiger partial charge is 0.497 e. The molecule has 3 rings (SSSR count). The smallest absolute Gasteiger partial charge is 0.241 e. The number of carbonyl (C=O) groups is 2. The van der Waals surface area contributed by atoms with Gasteiger partial charge in [-0.1, -0.05) is 24.3 Å². The third-order valence-corrected chi connectivity index (χ3v) is 4.99. The fourth-order valence-electron chi connectivity index (χ4n) is 3.36. The quantitative estimate of drug-likeness (QED) is 0.738. The highest BCUT2D eigenvalue weighted by Crippen LogP contribution is 2.22. The number of hydrogen-bond acceptors (Lipinski definition) is 5. The maximum atomic E-state index is 12.6. The predicted molar refractivity (Wildman–Crippen MR) is 111 cm³/mol. The number of piperazine rings is 1. The molecule has 2 aromatic carbocycles. The number of carbonyl (C=O) groups excluding carboxylic acids is 2. The van der Waals surface area contributed by atoms with Crippen LogP contribution in [0.2, 0.25) is 0 Å². The third-order valence-electron chi connectivity index (χ3n) is 4.99. The lowest BCUT2D eigenvalue weighted by atomic mass is 10.2. The first-order valence-electron chi connectivity index (χ1n) is 9.66. The Morgan fingerprint density at radius 1 is 1.07 bits per heavy atom. The van der Waals surface area contributed by atoms with E-state index in [0.29, 0.717) is 32.6 Å². The van der Waals surface area contributed by atoms with Gasteiger partial charge in [-0.2, -0.15) is 0 Å². The van der Waals surface area contributed by atoms with Crippen LogP contribution in [0.15, 0.2) is 48.5 Å². The van der Waals surface area contributed by atoms with Gasteiger partial charge in [0.05, 0.1) is 20.8 Å². The predicted octanol–water partition coefficient (Wildman–Crippen LogP) is 2.06. The topological polar surface area (TPSA) is 71.1 Å². The second kappa shape index (κ2) is 9.93. The number of methoxy groups -OCH3 is 2. The van der Waals surface area contributed by atoms with Gasteiger partial charge in [-0.15, -0.1) is 0 Å². The van der Waals surface area contributed by atoms with Crippen molar-refractivity contribution in [3.63, 3.8) is 0 Å². The fourth-order valence-corrected chi connectivity index (χ4v) is 3.36. The van der Waals surface area contributed by atoms with Crippen molar-refractivity contribution < 1.29 is 19.1 Å². The first kappa shape index (κ1) is 20.7. The zero-order valence-corrected chi connectivity index (χ0v) is 16.9. The summed E-state index contributed by atoms with van der Waals surface area (Å²) in [6.45, 7) is 2.59. The monoisotopic (exact) mass is 397 g/mol. The maximum Gasteiger partial charge on any atom is 0.241 e. The summed E-state index contributed by atoms with van der Waals surface area (Å²) in [6, 6.07) is 15.1. The molecule has 0 aliphatic carbocycles. The van der Waals surface area contributed by atoms with Crippen LogP contribution in [0, 0.1) is 0 Å². The van der Waals surface area contributed by atoms with Crippen molar-refractivity contribution in [1.82, 2.24) is 10.2 Å². The first-order chi connectivity index (χ1) is 14.1. The van der Waals surface area contributed by atoms with Crippen molar-refractivity contribution in [3.8, 4) is 11.5 Å². The molecule has 1 fully saturated rings. The van der Waals surface area contributed by atoms with Gasteiger partial charge >= 0.3 is 0 Å². The summed E-state index contributed by atoms with van der Waals surface area (Å²) in [5.41, 5.74) is 1.77. The highest BCUT2D eigenvalue weighted by molar-refractivity contribution is 5.95. The van der Waals surface area contributed by atoms with Crippen molar-refractivity contribution >= 4 is 17.5 Å². The molecule has 0 radical (unpaired) electrons. The molecular formula is C22H27N3O4. The van der Waals surface area contributed by atoms with E-state index >= 15 is 0 Å². The van der Waals surface area contributed by atoms with Crippen molar-refractivity contribution in [2.75, 3.05) is 45.3 Å². The zero-order valence-electron chi connectivity index (χ0n) is 16.9. The Labute approximate surface area is 171 Å². The Balaban J connectivity index is 1.45. The minimum absolute atomic E-state index is 0.0268. The minimum atomic E-state index is -0.0430. The lowest BCUT2D eigenvalue weighted by Gasteiger charge is -2.34. The Hall–Kier alpha value is -3.06. The second-order valence-electron chi connectivity index (χ2n) is 6.86. The van der Waals surface area contributed by atoms with E-state index in [9.17, 15) is 9.59 Å². The van der Waals surface area contributed by atoms with Gasteiger partial charge in [0.1, 0.15) is 11.5 Å². The maximum absolute atomic E-state index is 12.6. The van der Waals surface area contributed by atoms with Gasteiger partial charge in [-0.05, 0) is 18.2 Å². The molecule has 1 aliphatic rings. The molecule has 2 amide bonds. The van der Waals surface area contributed by atoms with Crippen molar-refractivity contribution in [2.24, 2.45) is 0 Å². The van der Waals surface area contributed by atoms with E-state index in [1.54, 1.807) is 19.1 Å². The van der Waals surface area contributed by atoms with Gasteiger partial charge in [0.25, 0.3) is 0 Å². The standard InChI is InChI=1S/C22H27N3O4/c1-28-19-8-5-7-18(14-19)25-13-12-24(16-22(25)27)11-10-21(26)23-15-17-6-3-4-9-20(17)29-2/h3-9,14H,10-13,15-16H2,1-2H3,(H,23,26). The van der Waals surface area contributed by atoms with Crippen molar-refractivity contribution in [2.45, 2.75) is 13.0 Å². The molecule has 7 nitrogen and oxygen atoms in total. The number of hydrogen-bond donors (Lipinski definition) is 1.